The fraction of sp³-hybridized carbons (Fsp3) is 0.143. The molecule has 0 saturated heterocycles. The summed E-state index contributed by atoms with van der Waals surface area (Å²) in [6.45, 7) is 0. The van der Waals surface area contributed by atoms with E-state index in [4.69, 9.17) is 5.14 Å². The van der Waals surface area contributed by atoms with Crippen LogP contribution >= 0.6 is 43.8 Å². The molecule has 1 nitrogen and oxygen atoms in total. The van der Waals surface area contributed by atoms with Crippen LogP contribution in [0, 0.1) is 5.82 Å². The first-order valence-corrected chi connectivity index (χ1v) is 5.89. The predicted octanol–water partition coefficient (Wildman–Crippen LogP) is 3.45. The Hall–Kier alpha value is 0.420. The van der Waals surface area contributed by atoms with Gasteiger partial charge in [-0.3, -0.25) is 5.14 Å². The highest BCUT2D eigenvalue weighted by Crippen LogP contribution is 2.27. The number of hydrogen-bond acceptors (Lipinski definition) is 2. The van der Waals surface area contributed by atoms with Gasteiger partial charge in [0.1, 0.15) is 5.82 Å². The lowest BCUT2D eigenvalue weighted by Crippen LogP contribution is -1.90. The molecule has 1 aromatic carbocycles. The van der Waals surface area contributed by atoms with Crippen LogP contribution in [0.2, 0.25) is 0 Å². The third-order valence-electron chi connectivity index (χ3n) is 1.37. The Morgan fingerprint density at radius 1 is 1.50 bits per heavy atom. The molecule has 0 aliphatic carbocycles. The average Bonchev–Trinajstić information content (AvgIpc) is 2.09. The second-order valence-electron chi connectivity index (χ2n) is 2.13. The molecule has 5 heteroatoms. The van der Waals surface area contributed by atoms with Crippen LogP contribution < -0.4 is 5.14 Å². The third-order valence-corrected chi connectivity index (χ3v) is 3.22. The predicted molar refractivity (Wildman–Crippen MR) is 56.8 cm³/mol. The Morgan fingerprint density at radius 2 is 2.17 bits per heavy atom. The Kier molecular flexibility index (Phi) is 4.02. The van der Waals surface area contributed by atoms with E-state index in [0.717, 1.165) is 22.4 Å². The highest BCUT2D eigenvalue weighted by Gasteiger charge is 2.06. The van der Waals surface area contributed by atoms with Gasteiger partial charge in [0.05, 0.1) is 4.47 Å². The van der Waals surface area contributed by atoms with Crippen molar-refractivity contribution in [2.45, 2.75) is 10.2 Å². The topological polar surface area (TPSA) is 26.0 Å². The SMILES string of the molecule is NSc1cc(Br)c(F)cc1CBr. The van der Waals surface area contributed by atoms with Crippen molar-refractivity contribution in [3.05, 3.63) is 28.0 Å². The molecule has 2 N–H and O–H groups in total. The van der Waals surface area contributed by atoms with Gasteiger partial charge < -0.3 is 0 Å². The number of alkyl halides is 1. The third kappa shape index (κ3) is 2.22. The first kappa shape index (κ1) is 10.5. The summed E-state index contributed by atoms with van der Waals surface area (Å²) >= 11 is 7.46. The molecule has 0 amide bonds. The monoisotopic (exact) mass is 313 g/mol. The van der Waals surface area contributed by atoms with Crippen molar-refractivity contribution < 1.29 is 4.39 Å². The van der Waals surface area contributed by atoms with Crippen LogP contribution in [0.5, 0.6) is 0 Å². The first-order valence-electron chi connectivity index (χ1n) is 3.09. The summed E-state index contributed by atoms with van der Waals surface area (Å²) in [6, 6.07) is 3.14. The summed E-state index contributed by atoms with van der Waals surface area (Å²) in [5, 5.41) is 6.01. The Labute approximate surface area is 91.3 Å². The molecular weight excluding hydrogens is 309 g/mol. The van der Waals surface area contributed by atoms with Gasteiger partial charge in [-0.05, 0) is 45.6 Å². The van der Waals surface area contributed by atoms with Crippen LogP contribution in [0.25, 0.3) is 0 Å². The van der Waals surface area contributed by atoms with Gasteiger partial charge in [0.2, 0.25) is 0 Å². The molecule has 0 spiro atoms. The Morgan fingerprint density at radius 3 is 2.67 bits per heavy atom. The summed E-state index contributed by atoms with van der Waals surface area (Å²) < 4.78 is 13.4. The van der Waals surface area contributed by atoms with Crippen molar-refractivity contribution in [1.29, 1.82) is 0 Å². The summed E-state index contributed by atoms with van der Waals surface area (Å²) in [5.41, 5.74) is 0.864. The molecule has 1 rings (SSSR count). The minimum absolute atomic E-state index is 0.262. The fourth-order valence-corrected chi connectivity index (χ4v) is 2.40. The van der Waals surface area contributed by atoms with Gasteiger partial charge >= 0.3 is 0 Å². The normalized spacial score (nSPS) is 10.3. The number of hydrogen-bond donors (Lipinski definition) is 1. The lowest BCUT2D eigenvalue weighted by atomic mass is 10.2. The molecule has 0 heterocycles. The average molecular weight is 315 g/mol. The zero-order valence-electron chi connectivity index (χ0n) is 5.98. The van der Waals surface area contributed by atoms with Gasteiger partial charge in [-0.2, -0.15) is 0 Å². The molecule has 66 valence electrons. The van der Waals surface area contributed by atoms with Crippen LogP contribution in [-0.2, 0) is 5.33 Å². The van der Waals surface area contributed by atoms with Crippen molar-refractivity contribution in [3.63, 3.8) is 0 Å². The van der Waals surface area contributed by atoms with Gasteiger partial charge in [-0.15, -0.1) is 0 Å². The number of rotatable bonds is 2. The molecule has 0 aliphatic heterocycles. The molecular formula is C7H6Br2FNS. The standard InChI is InChI=1S/C7H6Br2FNS/c8-3-4-1-6(10)5(9)2-7(4)12-11/h1-2H,3,11H2. The smallest absolute Gasteiger partial charge is 0.137 e. The zero-order chi connectivity index (χ0) is 9.14. The highest BCUT2D eigenvalue weighted by atomic mass is 79.9. The molecule has 0 saturated carbocycles. The Bertz CT molecular complexity index is 264. The van der Waals surface area contributed by atoms with Gasteiger partial charge in [-0.1, -0.05) is 15.9 Å². The lowest BCUT2D eigenvalue weighted by molar-refractivity contribution is 0.618. The van der Waals surface area contributed by atoms with Gasteiger partial charge in [0.25, 0.3) is 0 Å². The number of benzene rings is 1. The van der Waals surface area contributed by atoms with Crippen LogP contribution in [0.3, 0.4) is 0 Å². The van der Waals surface area contributed by atoms with Crippen molar-refractivity contribution in [1.82, 2.24) is 0 Å². The molecule has 12 heavy (non-hydrogen) atoms. The van der Waals surface area contributed by atoms with Crippen LogP contribution in [0.15, 0.2) is 21.5 Å². The minimum atomic E-state index is -0.262. The minimum Gasteiger partial charge on any atom is -0.274 e. The van der Waals surface area contributed by atoms with E-state index in [1.54, 1.807) is 6.07 Å². The maximum absolute atomic E-state index is 13.0. The number of nitrogens with two attached hydrogens (primary N) is 1. The van der Waals surface area contributed by atoms with Crippen molar-refractivity contribution in [2.24, 2.45) is 5.14 Å². The van der Waals surface area contributed by atoms with Crippen molar-refractivity contribution in [3.8, 4) is 0 Å². The second-order valence-corrected chi connectivity index (χ2v) is 4.22. The second kappa shape index (κ2) is 4.60. The quantitative estimate of drug-likeness (QED) is 0.668. The van der Waals surface area contributed by atoms with E-state index < -0.39 is 0 Å². The maximum atomic E-state index is 13.0. The van der Waals surface area contributed by atoms with Gasteiger partial charge in [0.15, 0.2) is 0 Å². The van der Waals surface area contributed by atoms with E-state index in [9.17, 15) is 4.39 Å². The van der Waals surface area contributed by atoms with E-state index in [1.165, 1.54) is 6.07 Å². The Balaban J connectivity index is 3.19. The lowest BCUT2D eigenvalue weighted by Gasteiger charge is -2.04. The first-order chi connectivity index (χ1) is 5.69. The van der Waals surface area contributed by atoms with Crippen LogP contribution in [-0.4, -0.2) is 0 Å². The van der Waals surface area contributed by atoms with Gasteiger partial charge in [-0.25, -0.2) is 4.39 Å². The summed E-state index contributed by atoms with van der Waals surface area (Å²) in [7, 11) is 0. The molecule has 0 atom stereocenters. The zero-order valence-corrected chi connectivity index (χ0v) is 9.97. The molecule has 0 bridgehead atoms. The molecule has 0 radical (unpaired) electrons. The van der Waals surface area contributed by atoms with E-state index in [2.05, 4.69) is 31.9 Å². The van der Waals surface area contributed by atoms with Crippen molar-refractivity contribution >= 4 is 43.8 Å². The molecule has 0 fully saturated rings. The molecule has 0 aromatic heterocycles. The van der Waals surface area contributed by atoms with Crippen molar-refractivity contribution in [2.75, 3.05) is 0 Å². The number of halogens is 3. The van der Waals surface area contributed by atoms with E-state index in [-0.39, 0.29) is 5.82 Å². The van der Waals surface area contributed by atoms with Gasteiger partial charge in [0, 0.05) is 10.2 Å². The van der Waals surface area contributed by atoms with E-state index in [1.807, 2.05) is 0 Å². The summed E-state index contributed by atoms with van der Waals surface area (Å²) in [4.78, 5) is 0.875. The van der Waals surface area contributed by atoms with Crippen LogP contribution in [0.1, 0.15) is 5.56 Å². The van der Waals surface area contributed by atoms with E-state index >= 15 is 0 Å². The van der Waals surface area contributed by atoms with Crippen LogP contribution in [0.4, 0.5) is 4.39 Å². The highest BCUT2D eigenvalue weighted by molar-refractivity contribution is 9.10. The summed E-state index contributed by atoms with van der Waals surface area (Å²) in [6.07, 6.45) is 0. The molecule has 0 aliphatic rings. The largest absolute Gasteiger partial charge is 0.274 e. The summed E-state index contributed by atoms with van der Waals surface area (Å²) in [5.74, 6) is -0.262. The fourth-order valence-electron chi connectivity index (χ4n) is 0.784. The van der Waals surface area contributed by atoms with E-state index in [0.29, 0.717) is 9.80 Å². The molecule has 0 unspecified atom stereocenters. The molecule has 1 aromatic rings. The maximum Gasteiger partial charge on any atom is 0.137 e.